The number of carbonyl (C=O) groups is 1. The third-order valence-electron chi connectivity index (χ3n) is 4.23. The third-order valence-corrected chi connectivity index (χ3v) is 4.23. The fourth-order valence-corrected chi connectivity index (χ4v) is 2.89. The summed E-state index contributed by atoms with van der Waals surface area (Å²) in [5.74, 6) is -2.75. The van der Waals surface area contributed by atoms with E-state index >= 15 is 0 Å². The van der Waals surface area contributed by atoms with Crippen molar-refractivity contribution in [1.82, 2.24) is 0 Å². The van der Waals surface area contributed by atoms with E-state index in [0.717, 1.165) is 24.5 Å². The van der Waals surface area contributed by atoms with Crippen LogP contribution in [0, 0.1) is 11.6 Å². The van der Waals surface area contributed by atoms with Crippen LogP contribution in [-0.4, -0.2) is 5.97 Å². The predicted octanol–water partition coefficient (Wildman–Crippen LogP) is 6.53. The molecule has 0 aliphatic rings. The van der Waals surface area contributed by atoms with Crippen LogP contribution in [0.15, 0.2) is 54.6 Å². The molecule has 28 heavy (non-hydrogen) atoms. The summed E-state index contributed by atoms with van der Waals surface area (Å²) in [6, 6.07) is 11.8. The summed E-state index contributed by atoms with van der Waals surface area (Å²) in [5.41, 5.74) is 0.630. The zero-order valence-corrected chi connectivity index (χ0v) is 14.9. The molecule has 0 N–H and O–H groups in total. The second-order valence-corrected chi connectivity index (χ2v) is 6.24. The first-order chi connectivity index (χ1) is 13.4. The molecule has 6 heteroatoms. The Labute approximate surface area is 159 Å². The summed E-state index contributed by atoms with van der Waals surface area (Å²) < 4.78 is 58.3. The Morgan fingerprint density at radius 1 is 1.04 bits per heavy atom. The molecule has 3 rings (SSSR count). The number of benzene rings is 3. The van der Waals surface area contributed by atoms with Gasteiger partial charge >= 0.3 is 5.97 Å². The molecule has 0 heterocycles. The molecular weight excluding hydrogens is 372 g/mol. The smallest absolute Gasteiger partial charge is 0.343 e. The molecule has 3 aromatic rings. The monoisotopic (exact) mass is 388 g/mol. The maximum absolute atomic E-state index is 14.3. The number of hydrogen-bond donors (Lipinski definition) is 0. The van der Waals surface area contributed by atoms with E-state index in [1.165, 1.54) is 18.2 Å². The Morgan fingerprint density at radius 3 is 2.39 bits per heavy atom. The molecule has 0 bridgehead atoms. The van der Waals surface area contributed by atoms with Gasteiger partial charge in [-0.05, 0) is 53.8 Å². The van der Waals surface area contributed by atoms with E-state index in [9.17, 15) is 22.4 Å². The zero-order chi connectivity index (χ0) is 20.3. The van der Waals surface area contributed by atoms with E-state index in [4.69, 9.17) is 4.74 Å². The molecule has 0 saturated carbocycles. The number of aryl methyl sites for hydroxylation is 1. The average Bonchev–Trinajstić information content (AvgIpc) is 2.65. The quantitative estimate of drug-likeness (QED) is 0.282. The fourth-order valence-electron chi connectivity index (χ4n) is 2.89. The van der Waals surface area contributed by atoms with Crippen LogP contribution in [0.25, 0.3) is 16.8 Å². The van der Waals surface area contributed by atoms with E-state index in [2.05, 4.69) is 6.92 Å². The maximum Gasteiger partial charge on any atom is 0.343 e. The molecule has 0 saturated heterocycles. The van der Waals surface area contributed by atoms with E-state index in [1.807, 2.05) is 12.1 Å². The van der Waals surface area contributed by atoms with Gasteiger partial charge < -0.3 is 4.74 Å². The summed E-state index contributed by atoms with van der Waals surface area (Å²) in [6.07, 6.45) is -0.169. The molecule has 0 unspecified atom stereocenters. The molecular formula is C22H16F4O2. The summed E-state index contributed by atoms with van der Waals surface area (Å²) in [7, 11) is 0. The van der Waals surface area contributed by atoms with E-state index in [1.54, 1.807) is 12.1 Å². The minimum atomic E-state index is -2.20. The number of carbonyl (C=O) groups excluding carboxylic acids is 1. The molecule has 0 spiro atoms. The summed E-state index contributed by atoms with van der Waals surface area (Å²) >= 11 is 0. The highest BCUT2D eigenvalue weighted by atomic mass is 19.3. The van der Waals surface area contributed by atoms with Crippen LogP contribution in [-0.2, 0) is 6.42 Å². The van der Waals surface area contributed by atoms with Crippen LogP contribution in [0.4, 0.5) is 17.6 Å². The van der Waals surface area contributed by atoms with E-state index in [0.29, 0.717) is 5.56 Å². The lowest BCUT2D eigenvalue weighted by molar-refractivity contribution is 0.0735. The molecule has 3 aromatic carbocycles. The molecule has 0 fully saturated rings. The number of hydrogen-bond acceptors (Lipinski definition) is 2. The van der Waals surface area contributed by atoms with Gasteiger partial charge in [0.2, 0.25) is 0 Å². The molecule has 2 nitrogen and oxygen atoms in total. The van der Waals surface area contributed by atoms with Gasteiger partial charge in [0, 0.05) is 11.5 Å². The predicted molar refractivity (Wildman–Crippen MR) is 99.5 cm³/mol. The van der Waals surface area contributed by atoms with Crippen molar-refractivity contribution < 1.29 is 27.1 Å². The Balaban J connectivity index is 1.88. The lowest BCUT2D eigenvalue weighted by atomic mass is 10.0. The van der Waals surface area contributed by atoms with Gasteiger partial charge in [0.05, 0.1) is 11.1 Å². The van der Waals surface area contributed by atoms with Crippen LogP contribution in [0.3, 0.4) is 0 Å². The molecule has 144 valence electrons. The molecule has 0 aromatic heterocycles. The third kappa shape index (κ3) is 4.22. The lowest BCUT2D eigenvalue weighted by Gasteiger charge is -2.09. The van der Waals surface area contributed by atoms with Crippen molar-refractivity contribution in [1.29, 1.82) is 0 Å². The van der Waals surface area contributed by atoms with Crippen LogP contribution in [0.2, 0.25) is 0 Å². The molecule has 0 aliphatic carbocycles. The van der Waals surface area contributed by atoms with Crippen molar-refractivity contribution in [3.05, 3.63) is 82.9 Å². The van der Waals surface area contributed by atoms with E-state index in [-0.39, 0.29) is 22.6 Å². The highest BCUT2D eigenvalue weighted by Gasteiger charge is 2.15. The van der Waals surface area contributed by atoms with Gasteiger partial charge in [-0.1, -0.05) is 25.5 Å². The summed E-state index contributed by atoms with van der Waals surface area (Å²) in [6.45, 7) is 2.06. The molecule has 0 radical (unpaired) electrons. The summed E-state index contributed by atoms with van der Waals surface area (Å²) in [4.78, 5) is 12.3. The van der Waals surface area contributed by atoms with Crippen LogP contribution < -0.4 is 4.74 Å². The van der Waals surface area contributed by atoms with Gasteiger partial charge in [-0.3, -0.25) is 0 Å². The fraction of sp³-hybridized carbons (Fsp3) is 0.136. The van der Waals surface area contributed by atoms with Crippen LogP contribution in [0.5, 0.6) is 5.75 Å². The van der Waals surface area contributed by atoms with Gasteiger partial charge in [0.15, 0.2) is 0 Å². The van der Waals surface area contributed by atoms with Crippen molar-refractivity contribution in [3.8, 4) is 5.75 Å². The number of ether oxygens (including phenoxy) is 1. The Kier molecular flexibility index (Phi) is 5.78. The topological polar surface area (TPSA) is 26.3 Å². The molecule has 0 atom stereocenters. The number of esters is 1. The minimum absolute atomic E-state index is 0.0578. The van der Waals surface area contributed by atoms with Gasteiger partial charge in [0.25, 0.3) is 6.08 Å². The Bertz CT molecular complexity index is 1050. The highest BCUT2D eigenvalue weighted by molar-refractivity contribution is 5.92. The first kappa shape index (κ1) is 19.6. The van der Waals surface area contributed by atoms with Crippen LogP contribution >= 0.6 is 0 Å². The van der Waals surface area contributed by atoms with Gasteiger partial charge in [-0.15, -0.1) is 0 Å². The van der Waals surface area contributed by atoms with Crippen molar-refractivity contribution in [2.75, 3.05) is 0 Å². The van der Waals surface area contributed by atoms with Crippen molar-refractivity contribution in [2.24, 2.45) is 0 Å². The second-order valence-electron chi connectivity index (χ2n) is 6.24. The first-order valence-corrected chi connectivity index (χ1v) is 8.64. The highest BCUT2D eigenvalue weighted by Crippen LogP contribution is 2.29. The standard InChI is InChI=1S/C22H16F4O2/c1-2-3-13-4-6-14(7-5-13)22(27)28-16-8-9-17-15(10-16)11-19(23)18(21(17)26)12-20(24)25/h4-12H,2-3H2,1H3. The number of fused-ring (bicyclic) bond motifs is 1. The normalized spacial score (nSPS) is 10.8. The average molecular weight is 388 g/mol. The largest absolute Gasteiger partial charge is 0.423 e. The van der Waals surface area contributed by atoms with Crippen LogP contribution in [0.1, 0.15) is 34.8 Å². The summed E-state index contributed by atoms with van der Waals surface area (Å²) in [5, 5.41) is 0.0348. The molecule has 0 aliphatic heterocycles. The van der Waals surface area contributed by atoms with Gasteiger partial charge in [-0.25, -0.2) is 13.6 Å². The maximum atomic E-state index is 14.3. The van der Waals surface area contributed by atoms with Gasteiger partial charge in [-0.2, -0.15) is 8.78 Å². The first-order valence-electron chi connectivity index (χ1n) is 8.64. The number of rotatable bonds is 5. The zero-order valence-electron chi connectivity index (χ0n) is 14.9. The lowest BCUT2D eigenvalue weighted by Crippen LogP contribution is -2.08. The Hall–Kier alpha value is -3.15. The van der Waals surface area contributed by atoms with Crippen molar-refractivity contribution >= 4 is 22.8 Å². The second kappa shape index (κ2) is 8.25. The Morgan fingerprint density at radius 2 is 1.75 bits per heavy atom. The van der Waals surface area contributed by atoms with Crippen molar-refractivity contribution in [3.63, 3.8) is 0 Å². The van der Waals surface area contributed by atoms with E-state index < -0.39 is 29.2 Å². The van der Waals surface area contributed by atoms with Crippen molar-refractivity contribution in [2.45, 2.75) is 19.8 Å². The molecule has 0 amide bonds. The van der Waals surface area contributed by atoms with Gasteiger partial charge in [0.1, 0.15) is 17.4 Å². The SMILES string of the molecule is CCCc1ccc(C(=O)Oc2ccc3c(F)c(C=C(F)F)c(F)cc3c2)cc1. The minimum Gasteiger partial charge on any atom is -0.423 e. The number of halogens is 4.